The van der Waals surface area contributed by atoms with Crippen molar-refractivity contribution in [3.05, 3.63) is 52.8 Å². The molecule has 0 aliphatic heterocycles. The maximum Gasteiger partial charge on any atom is 0.340 e. The first-order chi connectivity index (χ1) is 12.8. The highest BCUT2D eigenvalue weighted by Gasteiger charge is 2.24. The highest BCUT2D eigenvalue weighted by atomic mass is 32.2. The Bertz CT molecular complexity index is 828. The van der Waals surface area contributed by atoms with Crippen LogP contribution in [0.25, 0.3) is 0 Å². The van der Waals surface area contributed by atoms with Gasteiger partial charge < -0.3 is 14.5 Å². The molecule has 7 heteroatoms. The van der Waals surface area contributed by atoms with E-state index in [0.29, 0.717) is 16.8 Å². The molecule has 0 radical (unpaired) electrons. The van der Waals surface area contributed by atoms with Crippen LogP contribution in [0.5, 0.6) is 0 Å². The average Bonchev–Trinajstić information content (AvgIpc) is 2.94. The number of aryl methyl sites for hydroxylation is 1. The van der Waals surface area contributed by atoms with Crippen LogP contribution in [0.1, 0.15) is 46.0 Å². The second-order valence-electron chi connectivity index (χ2n) is 5.95. The number of ether oxygens (including phenoxy) is 2. The van der Waals surface area contributed by atoms with E-state index >= 15 is 0 Å². The SMILES string of the molecule is CCOC(=O)c1c(C)[nH]c(C(=O)COC(=O)[C@H](C)Sc2ccccc2)c1C. The number of nitrogens with one attached hydrogen (secondary N) is 1. The van der Waals surface area contributed by atoms with Gasteiger partial charge in [0, 0.05) is 10.6 Å². The summed E-state index contributed by atoms with van der Waals surface area (Å²) < 4.78 is 10.2. The van der Waals surface area contributed by atoms with E-state index in [1.54, 1.807) is 27.7 Å². The fourth-order valence-electron chi connectivity index (χ4n) is 2.62. The zero-order valence-electron chi connectivity index (χ0n) is 15.8. The Hall–Kier alpha value is -2.54. The van der Waals surface area contributed by atoms with Crippen LogP contribution in [0.15, 0.2) is 35.2 Å². The maximum atomic E-state index is 12.4. The number of thioether (sulfide) groups is 1. The lowest BCUT2D eigenvalue weighted by Gasteiger charge is -2.10. The van der Waals surface area contributed by atoms with E-state index in [4.69, 9.17) is 9.47 Å². The fraction of sp³-hybridized carbons (Fsp3) is 0.350. The third kappa shape index (κ3) is 5.23. The van der Waals surface area contributed by atoms with Crippen molar-refractivity contribution in [1.29, 1.82) is 0 Å². The quantitative estimate of drug-likeness (QED) is 0.421. The van der Waals surface area contributed by atoms with E-state index in [-0.39, 0.29) is 18.9 Å². The molecule has 27 heavy (non-hydrogen) atoms. The number of rotatable bonds is 8. The molecular formula is C20H23NO5S. The van der Waals surface area contributed by atoms with Gasteiger partial charge >= 0.3 is 11.9 Å². The van der Waals surface area contributed by atoms with Gasteiger partial charge in [0.15, 0.2) is 6.61 Å². The highest BCUT2D eigenvalue weighted by Crippen LogP contribution is 2.24. The van der Waals surface area contributed by atoms with Crippen molar-refractivity contribution in [2.45, 2.75) is 37.8 Å². The van der Waals surface area contributed by atoms with Crippen LogP contribution in [-0.2, 0) is 14.3 Å². The summed E-state index contributed by atoms with van der Waals surface area (Å²) in [6, 6.07) is 9.49. The zero-order valence-corrected chi connectivity index (χ0v) is 16.6. The molecule has 2 aromatic rings. The molecule has 1 N–H and O–H groups in total. The Balaban J connectivity index is 1.98. The van der Waals surface area contributed by atoms with Crippen LogP contribution < -0.4 is 0 Å². The van der Waals surface area contributed by atoms with Crippen molar-refractivity contribution in [3.63, 3.8) is 0 Å². The number of hydrogen-bond acceptors (Lipinski definition) is 6. The van der Waals surface area contributed by atoms with E-state index in [1.807, 2.05) is 30.3 Å². The Morgan fingerprint density at radius 2 is 1.78 bits per heavy atom. The van der Waals surface area contributed by atoms with E-state index in [9.17, 15) is 14.4 Å². The largest absolute Gasteiger partial charge is 0.462 e. The Labute approximate surface area is 162 Å². The van der Waals surface area contributed by atoms with Crippen LogP contribution in [0.3, 0.4) is 0 Å². The summed E-state index contributed by atoms with van der Waals surface area (Å²) in [5.74, 6) is -1.34. The van der Waals surface area contributed by atoms with Crippen molar-refractivity contribution in [1.82, 2.24) is 4.98 Å². The van der Waals surface area contributed by atoms with Crippen LogP contribution in [0.2, 0.25) is 0 Å². The van der Waals surface area contributed by atoms with Crippen LogP contribution in [-0.4, -0.2) is 41.2 Å². The van der Waals surface area contributed by atoms with Gasteiger partial charge in [-0.15, -0.1) is 11.8 Å². The number of H-pyrrole nitrogens is 1. The molecule has 0 aliphatic rings. The normalized spacial score (nSPS) is 11.7. The lowest BCUT2D eigenvalue weighted by atomic mass is 10.1. The van der Waals surface area contributed by atoms with Gasteiger partial charge in [0.2, 0.25) is 5.78 Å². The molecule has 0 amide bonds. The molecule has 0 aliphatic carbocycles. The number of esters is 2. The number of carbonyl (C=O) groups excluding carboxylic acids is 3. The summed E-state index contributed by atoms with van der Waals surface area (Å²) in [4.78, 5) is 40.4. The molecule has 0 saturated heterocycles. The Kier molecular flexibility index (Phi) is 7.24. The molecule has 0 bridgehead atoms. The minimum atomic E-state index is -0.479. The smallest absolute Gasteiger partial charge is 0.340 e. The number of benzene rings is 1. The van der Waals surface area contributed by atoms with Gasteiger partial charge in [-0.2, -0.15) is 0 Å². The van der Waals surface area contributed by atoms with Crippen molar-refractivity contribution < 1.29 is 23.9 Å². The summed E-state index contributed by atoms with van der Waals surface area (Å²) in [6.45, 7) is 6.67. The molecule has 0 spiro atoms. The standard InChI is InChI=1S/C20H23NO5S/c1-5-25-20(24)17-12(2)18(21-13(17)3)16(22)11-26-19(23)14(4)27-15-9-7-6-8-10-15/h6-10,14,21H,5,11H2,1-4H3/t14-/m0/s1. The van der Waals surface area contributed by atoms with Gasteiger partial charge in [-0.25, -0.2) is 4.79 Å². The van der Waals surface area contributed by atoms with Gasteiger partial charge in [0.05, 0.1) is 17.9 Å². The Morgan fingerprint density at radius 1 is 1.11 bits per heavy atom. The van der Waals surface area contributed by atoms with E-state index < -0.39 is 23.0 Å². The van der Waals surface area contributed by atoms with Crippen molar-refractivity contribution in [3.8, 4) is 0 Å². The molecule has 1 aromatic carbocycles. The number of carbonyl (C=O) groups is 3. The third-order valence-corrected chi connectivity index (χ3v) is 5.02. The topological polar surface area (TPSA) is 85.5 Å². The number of aromatic amines is 1. The van der Waals surface area contributed by atoms with Crippen LogP contribution >= 0.6 is 11.8 Å². The first-order valence-corrected chi connectivity index (χ1v) is 9.50. The van der Waals surface area contributed by atoms with Crippen LogP contribution in [0.4, 0.5) is 0 Å². The summed E-state index contributed by atoms with van der Waals surface area (Å²) in [5, 5.41) is -0.443. The van der Waals surface area contributed by atoms with Gasteiger partial charge in [0.25, 0.3) is 0 Å². The molecule has 2 rings (SSSR count). The lowest BCUT2D eigenvalue weighted by molar-refractivity contribution is -0.141. The van der Waals surface area contributed by atoms with Crippen molar-refractivity contribution in [2.24, 2.45) is 0 Å². The second kappa shape index (κ2) is 9.41. The molecule has 1 aromatic heterocycles. The maximum absolute atomic E-state index is 12.4. The number of hydrogen-bond donors (Lipinski definition) is 1. The minimum Gasteiger partial charge on any atom is -0.462 e. The van der Waals surface area contributed by atoms with Crippen molar-refractivity contribution in [2.75, 3.05) is 13.2 Å². The van der Waals surface area contributed by atoms with Gasteiger partial charge in [0.1, 0.15) is 5.25 Å². The van der Waals surface area contributed by atoms with Gasteiger partial charge in [-0.1, -0.05) is 18.2 Å². The summed E-state index contributed by atoms with van der Waals surface area (Å²) in [5.41, 5.74) is 1.65. The average molecular weight is 389 g/mol. The molecule has 0 fully saturated rings. The lowest BCUT2D eigenvalue weighted by Crippen LogP contribution is -2.21. The van der Waals surface area contributed by atoms with E-state index in [1.165, 1.54) is 11.8 Å². The zero-order chi connectivity index (χ0) is 20.0. The van der Waals surface area contributed by atoms with Crippen molar-refractivity contribution >= 4 is 29.5 Å². The first-order valence-electron chi connectivity index (χ1n) is 8.63. The van der Waals surface area contributed by atoms with E-state index in [2.05, 4.69) is 4.98 Å². The predicted molar refractivity (Wildman–Crippen MR) is 103 cm³/mol. The summed E-state index contributed by atoms with van der Waals surface area (Å²) in [7, 11) is 0. The molecule has 144 valence electrons. The van der Waals surface area contributed by atoms with Gasteiger partial charge in [-0.3, -0.25) is 9.59 Å². The monoisotopic (exact) mass is 389 g/mol. The molecule has 1 atom stereocenters. The van der Waals surface area contributed by atoms with Crippen LogP contribution in [0, 0.1) is 13.8 Å². The molecular weight excluding hydrogens is 366 g/mol. The number of Topliss-reactive ketones (excluding diaryl/α,β-unsaturated/α-hetero) is 1. The highest BCUT2D eigenvalue weighted by molar-refractivity contribution is 8.00. The Morgan fingerprint density at radius 3 is 2.41 bits per heavy atom. The first kappa shape index (κ1) is 20.8. The van der Waals surface area contributed by atoms with Gasteiger partial charge in [-0.05, 0) is 45.4 Å². The second-order valence-corrected chi connectivity index (χ2v) is 7.36. The molecule has 6 nitrogen and oxygen atoms in total. The fourth-order valence-corrected chi connectivity index (χ4v) is 3.50. The predicted octanol–water partition coefficient (Wildman–Crippen LogP) is 3.71. The molecule has 1 heterocycles. The summed E-state index contributed by atoms with van der Waals surface area (Å²) in [6.07, 6.45) is 0. The van der Waals surface area contributed by atoms with E-state index in [0.717, 1.165) is 4.90 Å². The molecule has 0 saturated carbocycles. The third-order valence-electron chi connectivity index (χ3n) is 3.93. The molecule has 0 unspecified atom stereocenters. The number of aromatic nitrogens is 1. The minimum absolute atomic E-state index is 0.251. The number of ketones is 1. The summed E-state index contributed by atoms with van der Waals surface area (Å²) >= 11 is 1.36.